The van der Waals surface area contributed by atoms with Crippen molar-refractivity contribution in [3.05, 3.63) is 146 Å². The van der Waals surface area contributed by atoms with Crippen LogP contribution in [0.4, 0.5) is 0 Å². The van der Waals surface area contributed by atoms with E-state index in [9.17, 15) is 14.4 Å². The molecule has 6 nitrogen and oxygen atoms in total. The highest BCUT2D eigenvalue weighted by Gasteiger charge is 2.19. The first-order chi connectivity index (χ1) is 33.0. The van der Waals surface area contributed by atoms with Crippen LogP contribution in [0.3, 0.4) is 0 Å². The Morgan fingerprint density at radius 2 is 0.612 bits per heavy atom. The summed E-state index contributed by atoms with van der Waals surface area (Å²) in [4.78, 5) is 37.9. The van der Waals surface area contributed by atoms with Gasteiger partial charge in [0.2, 0.25) is 0 Å². The van der Waals surface area contributed by atoms with E-state index in [4.69, 9.17) is 14.2 Å². The Balaban J connectivity index is 4.47. The van der Waals surface area contributed by atoms with Crippen molar-refractivity contribution in [3.63, 3.8) is 0 Å². The summed E-state index contributed by atoms with van der Waals surface area (Å²) < 4.78 is 16.7. The molecule has 0 saturated carbocycles. The second kappa shape index (κ2) is 53.9. The van der Waals surface area contributed by atoms with E-state index in [1.807, 2.05) is 12.2 Å². The molecule has 0 N–H and O–H groups in total. The van der Waals surface area contributed by atoms with Crippen LogP contribution in [-0.2, 0) is 28.6 Å². The molecule has 0 aliphatic heterocycles. The van der Waals surface area contributed by atoms with E-state index in [0.29, 0.717) is 19.3 Å². The van der Waals surface area contributed by atoms with E-state index in [1.165, 1.54) is 25.7 Å². The third kappa shape index (κ3) is 52.1. The lowest BCUT2D eigenvalue weighted by atomic mass is 10.1. The fourth-order valence-corrected chi connectivity index (χ4v) is 6.41. The van der Waals surface area contributed by atoms with Crippen molar-refractivity contribution >= 4 is 17.9 Å². The minimum Gasteiger partial charge on any atom is -0.462 e. The first-order valence-corrected chi connectivity index (χ1v) is 26.3. The molecule has 374 valence electrons. The summed E-state index contributed by atoms with van der Waals surface area (Å²) in [6.07, 6.45) is 77.1. The van der Waals surface area contributed by atoms with Crippen LogP contribution in [0.15, 0.2) is 146 Å². The molecule has 0 spiro atoms. The number of unbranched alkanes of at least 4 members (excludes halogenated alkanes) is 10. The fraction of sp³-hybridized carbons (Fsp3) is 0.557. The largest absolute Gasteiger partial charge is 0.462 e. The van der Waals surface area contributed by atoms with E-state index < -0.39 is 12.1 Å². The zero-order chi connectivity index (χ0) is 48.6. The predicted octanol–water partition coefficient (Wildman–Crippen LogP) is 17.6. The third-order valence-corrected chi connectivity index (χ3v) is 10.3. The molecule has 0 fully saturated rings. The summed E-state index contributed by atoms with van der Waals surface area (Å²) in [5.41, 5.74) is 0. The molecule has 0 radical (unpaired) electrons. The van der Waals surface area contributed by atoms with Gasteiger partial charge in [-0.3, -0.25) is 14.4 Å². The second-order valence-electron chi connectivity index (χ2n) is 16.7. The Kier molecular flexibility index (Phi) is 50.1. The van der Waals surface area contributed by atoms with Crippen LogP contribution >= 0.6 is 0 Å². The van der Waals surface area contributed by atoms with Crippen LogP contribution < -0.4 is 0 Å². The number of rotatable bonds is 45. The molecular formula is C61H94O6. The lowest BCUT2D eigenvalue weighted by Gasteiger charge is -2.18. The topological polar surface area (TPSA) is 78.9 Å². The van der Waals surface area contributed by atoms with Crippen LogP contribution in [0.1, 0.15) is 201 Å². The quantitative estimate of drug-likeness (QED) is 0.0262. The number of carbonyl (C=O) groups is 3. The Morgan fingerprint density at radius 3 is 1.00 bits per heavy atom. The van der Waals surface area contributed by atoms with Gasteiger partial charge in [-0.05, 0) is 122 Å². The highest BCUT2D eigenvalue weighted by Crippen LogP contribution is 2.11. The summed E-state index contributed by atoms with van der Waals surface area (Å²) >= 11 is 0. The fourth-order valence-electron chi connectivity index (χ4n) is 6.41. The number of ether oxygens (including phenoxy) is 3. The van der Waals surface area contributed by atoms with E-state index in [0.717, 1.165) is 128 Å². The van der Waals surface area contributed by atoms with E-state index >= 15 is 0 Å². The highest BCUT2D eigenvalue weighted by atomic mass is 16.6. The minimum atomic E-state index is -0.838. The normalized spacial score (nSPS) is 13.3. The maximum Gasteiger partial charge on any atom is 0.306 e. The van der Waals surface area contributed by atoms with Crippen LogP contribution in [-0.4, -0.2) is 37.2 Å². The summed E-state index contributed by atoms with van der Waals surface area (Å²) in [6, 6.07) is 0. The Hall–Kier alpha value is -4.71. The molecule has 0 heterocycles. The van der Waals surface area contributed by atoms with Gasteiger partial charge in [-0.1, -0.05) is 205 Å². The van der Waals surface area contributed by atoms with Gasteiger partial charge in [0.25, 0.3) is 0 Å². The average Bonchev–Trinajstić information content (AvgIpc) is 3.33. The molecule has 1 atom stereocenters. The van der Waals surface area contributed by atoms with Crippen molar-refractivity contribution < 1.29 is 28.6 Å². The SMILES string of the molecule is CC/C=C\C/C=C\C/C=C\C/C=C\C/C=C\C/C=C\C/C=C\CCCCCC(=O)OCC(COC(=O)CCCCCCC/C=C\CCCC)OC(=O)CC/C=C\C/C=C\C/C=C\C/C=C\CC. The summed E-state index contributed by atoms with van der Waals surface area (Å²) in [5, 5.41) is 0. The van der Waals surface area contributed by atoms with Crippen molar-refractivity contribution in [2.75, 3.05) is 13.2 Å². The summed E-state index contributed by atoms with van der Waals surface area (Å²) in [7, 11) is 0. The minimum absolute atomic E-state index is 0.128. The third-order valence-electron chi connectivity index (χ3n) is 10.3. The van der Waals surface area contributed by atoms with Gasteiger partial charge in [-0.2, -0.15) is 0 Å². The highest BCUT2D eigenvalue weighted by molar-refractivity contribution is 5.71. The molecule has 0 amide bonds. The van der Waals surface area contributed by atoms with E-state index in [2.05, 4.69) is 154 Å². The molecule has 0 aliphatic rings. The van der Waals surface area contributed by atoms with Gasteiger partial charge in [-0.15, -0.1) is 0 Å². The number of allylic oxidation sites excluding steroid dienone is 24. The summed E-state index contributed by atoms with van der Waals surface area (Å²) in [6.45, 7) is 6.24. The monoisotopic (exact) mass is 923 g/mol. The van der Waals surface area contributed by atoms with Crippen LogP contribution in [0.5, 0.6) is 0 Å². The Labute approximate surface area is 410 Å². The smallest absolute Gasteiger partial charge is 0.306 e. The Morgan fingerprint density at radius 1 is 0.313 bits per heavy atom. The van der Waals surface area contributed by atoms with Gasteiger partial charge in [-0.25, -0.2) is 0 Å². The molecule has 1 unspecified atom stereocenters. The molecule has 67 heavy (non-hydrogen) atoms. The van der Waals surface area contributed by atoms with Crippen molar-refractivity contribution in [3.8, 4) is 0 Å². The van der Waals surface area contributed by atoms with Gasteiger partial charge >= 0.3 is 17.9 Å². The van der Waals surface area contributed by atoms with Crippen LogP contribution in [0.25, 0.3) is 0 Å². The van der Waals surface area contributed by atoms with Gasteiger partial charge < -0.3 is 14.2 Å². The van der Waals surface area contributed by atoms with Crippen molar-refractivity contribution in [1.29, 1.82) is 0 Å². The first-order valence-electron chi connectivity index (χ1n) is 26.3. The molecule has 6 heteroatoms. The molecule has 0 aromatic rings. The second-order valence-corrected chi connectivity index (χ2v) is 16.7. The van der Waals surface area contributed by atoms with Gasteiger partial charge in [0.05, 0.1) is 0 Å². The van der Waals surface area contributed by atoms with E-state index in [-0.39, 0.29) is 31.6 Å². The first kappa shape index (κ1) is 62.3. The van der Waals surface area contributed by atoms with Crippen LogP contribution in [0, 0.1) is 0 Å². The molecule has 0 saturated heterocycles. The molecule has 0 bridgehead atoms. The summed E-state index contributed by atoms with van der Waals surface area (Å²) in [5.74, 6) is -1.07. The lowest BCUT2D eigenvalue weighted by Crippen LogP contribution is -2.30. The lowest BCUT2D eigenvalue weighted by molar-refractivity contribution is -0.166. The number of esters is 3. The van der Waals surface area contributed by atoms with Gasteiger partial charge in [0.1, 0.15) is 13.2 Å². The molecule has 0 aliphatic carbocycles. The van der Waals surface area contributed by atoms with Crippen molar-refractivity contribution in [1.82, 2.24) is 0 Å². The zero-order valence-corrected chi connectivity index (χ0v) is 42.6. The number of hydrogen-bond acceptors (Lipinski definition) is 6. The molecule has 0 rings (SSSR count). The number of hydrogen-bond donors (Lipinski definition) is 0. The zero-order valence-electron chi connectivity index (χ0n) is 42.6. The van der Waals surface area contributed by atoms with Crippen molar-refractivity contribution in [2.45, 2.75) is 207 Å². The Bertz CT molecular complexity index is 1530. The maximum absolute atomic E-state index is 12.7. The molecule has 0 aromatic heterocycles. The standard InChI is InChI=1S/C61H94O6/c1-4-7-10-13-16-19-22-24-25-26-27-28-29-30-31-32-33-34-35-37-39-42-45-48-51-54-60(63)66-57-58(56-65-59(62)53-50-47-44-41-38-21-18-15-12-9-6-3)67-61(64)55-52-49-46-43-40-36-23-20-17-14-11-8-5-2/h7-8,10-11,15-20,24-25,27-28,30-31,33-34,36-37,39-40,46,49,58H,4-6,9,12-14,21-23,26,29,32,35,38,41-45,47-48,50-57H2,1-3H3/b10-7-,11-8-,18-15-,19-16-,20-17-,25-24-,28-27-,31-30-,34-33-,39-37-,40-36-,49-46-. The van der Waals surface area contributed by atoms with Crippen LogP contribution in [0.2, 0.25) is 0 Å². The van der Waals surface area contributed by atoms with Gasteiger partial charge in [0.15, 0.2) is 6.10 Å². The average molecular weight is 923 g/mol. The van der Waals surface area contributed by atoms with Gasteiger partial charge in [0, 0.05) is 19.3 Å². The van der Waals surface area contributed by atoms with Crippen molar-refractivity contribution in [2.24, 2.45) is 0 Å². The number of carbonyl (C=O) groups excluding carboxylic acids is 3. The maximum atomic E-state index is 12.7. The molecule has 0 aromatic carbocycles. The molecular weight excluding hydrogens is 829 g/mol. The van der Waals surface area contributed by atoms with E-state index in [1.54, 1.807) is 0 Å². The predicted molar refractivity (Wildman–Crippen MR) is 288 cm³/mol.